The molecule has 0 aliphatic carbocycles. The van der Waals surface area contributed by atoms with Gasteiger partial charge in [0.25, 0.3) is 0 Å². The van der Waals surface area contributed by atoms with Crippen LogP contribution >= 0.6 is 22.6 Å². The van der Waals surface area contributed by atoms with E-state index in [2.05, 4.69) is 32.8 Å². The van der Waals surface area contributed by atoms with Gasteiger partial charge >= 0.3 is 6.09 Å². The van der Waals surface area contributed by atoms with Gasteiger partial charge in [-0.15, -0.1) is 0 Å². The summed E-state index contributed by atoms with van der Waals surface area (Å²) in [5.74, 6) is 0. The molecule has 0 radical (unpaired) electrons. The van der Waals surface area contributed by atoms with Gasteiger partial charge in [-0.25, -0.2) is 4.79 Å². The zero-order chi connectivity index (χ0) is 13.4. The number of alkyl halides is 1. The monoisotopic (exact) mass is 372 g/mol. The quantitative estimate of drug-likeness (QED) is 0.569. The first-order valence-electron chi connectivity index (χ1n) is 6.01. The van der Waals surface area contributed by atoms with Crippen molar-refractivity contribution in [2.75, 3.05) is 13.7 Å². The summed E-state index contributed by atoms with van der Waals surface area (Å²) in [7, 11) is 1.40. The summed E-state index contributed by atoms with van der Waals surface area (Å²) < 4.78 is 5.10. The summed E-state index contributed by atoms with van der Waals surface area (Å²) >= 11 is 2.34. The molecular weight excluding hydrogens is 359 g/mol. The van der Waals surface area contributed by atoms with Crippen molar-refractivity contribution in [3.8, 4) is 0 Å². The molecule has 0 unspecified atom stereocenters. The molecule has 0 saturated carbocycles. The predicted octanol–water partition coefficient (Wildman–Crippen LogP) is 2.21. The van der Waals surface area contributed by atoms with E-state index in [0.29, 0.717) is 6.54 Å². The zero-order valence-corrected chi connectivity index (χ0v) is 12.5. The molecule has 2 heterocycles. The van der Waals surface area contributed by atoms with Gasteiger partial charge in [0.05, 0.1) is 11.0 Å². The summed E-state index contributed by atoms with van der Waals surface area (Å²) in [4.78, 5) is 15.1. The van der Waals surface area contributed by atoms with Gasteiger partial charge in [-0.3, -0.25) is 4.90 Å². The zero-order valence-electron chi connectivity index (χ0n) is 10.4. The number of amides is 1. The van der Waals surface area contributed by atoms with Crippen LogP contribution in [0.2, 0.25) is 0 Å². The van der Waals surface area contributed by atoms with Crippen molar-refractivity contribution in [3.63, 3.8) is 0 Å². The number of hydrogen-bond donors (Lipinski definition) is 0. The summed E-state index contributed by atoms with van der Waals surface area (Å²) in [6, 6.07) is 7.68. The van der Waals surface area contributed by atoms with E-state index >= 15 is 0 Å². The maximum absolute atomic E-state index is 11.8. The fraction of sp³-hybridized carbons (Fsp3) is 0.417. The van der Waals surface area contributed by atoms with Gasteiger partial charge in [-0.1, -0.05) is 34.7 Å². The predicted molar refractivity (Wildman–Crippen MR) is 78.1 cm³/mol. The molecule has 7 heteroatoms. The minimum absolute atomic E-state index is 0.180. The molecular formula is C12H13IN4O2. The Labute approximate surface area is 123 Å². The number of carbonyl (C=O) groups is 1. The van der Waals surface area contributed by atoms with Crippen LogP contribution in [0.4, 0.5) is 4.79 Å². The highest BCUT2D eigenvalue weighted by atomic mass is 127. The summed E-state index contributed by atoms with van der Waals surface area (Å²) in [5.41, 5.74) is 1.67. The first kappa shape index (κ1) is 12.6. The van der Waals surface area contributed by atoms with E-state index in [1.807, 2.05) is 24.3 Å². The van der Waals surface area contributed by atoms with Crippen LogP contribution in [0.5, 0.6) is 0 Å². The molecule has 1 aliphatic heterocycles. The third-order valence-electron chi connectivity index (χ3n) is 3.24. The number of hydrogen-bond acceptors (Lipinski definition) is 4. The average Bonchev–Trinajstić information content (AvgIpc) is 3.00. The lowest BCUT2D eigenvalue weighted by Gasteiger charge is -2.23. The third kappa shape index (κ3) is 2.15. The minimum atomic E-state index is -0.328. The van der Waals surface area contributed by atoms with E-state index in [1.165, 1.54) is 7.11 Å². The van der Waals surface area contributed by atoms with Gasteiger partial charge in [0, 0.05) is 6.54 Å². The summed E-state index contributed by atoms with van der Waals surface area (Å²) in [5, 5.41) is 8.93. The molecule has 1 amide bonds. The number of fused-ring (bicyclic) bond motifs is 1. The topological polar surface area (TPSA) is 60.2 Å². The standard InChI is InChI=1S/C12H13IN4O2/c1-19-12(18)16-7-6-8(13)11(16)17-14-9-4-2-3-5-10(9)15-17/h2-5,8,11H,6-7H2,1H3/t8-,11+/m0/s1. The van der Waals surface area contributed by atoms with Gasteiger partial charge in [-0.2, -0.15) is 15.0 Å². The Kier molecular flexibility index (Phi) is 3.29. The minimum Gasteiger partial charge on any atom is -0.453 e. The lowest BCUT2D eigenvalue weighted by atomic mass is 10.3. The van der Waals surface area contributed by atoms with Crippen molar-refractivity contribution in [1.29, 1.82) is 0 Å². The maximum atomic E-state index is 11.8. The Balaban J connectivity index is 2.00. The number of methoxy groups -OCH3 is 1. The molecule has 3 rings (SSSR count). The number of ether oxygens (including phenoxy) is 1. The number of aromatic nitrogens is 3. The van der Waals surface area contributed by atoms with Crippen molar-refractivity contribution in [1.82, 2.24) is 19.9 Å². The Hall–Kier alpha value is -1.38. The van der Waals surface area contributed by atoms with E-state index in [1.54, 1.807) is 9.70 Å². The smallest absolute Gasteiger partial charge is 0.411 e. The van der Waals surface area contributed by atoms with Crippen LogP contribution in [0.15, 0.2) is 24.3 Å². The fourth-order valence-electron chi connectivity index (χ4n) is 2.32. The van der Waals surface area contributed by atoms with E-state index in [-0.39, 0.29) is 16.2 Å². The average molecular weight is 372 g/mol. The number of nitrogens with zero attached hydrogens (tertiary/aromatic N) is 4. The third-order valence-corrected chi connectivity index (χ3v) is 4.50. The number of halogens is 1. The van der Waals surface area contributed by atoms with Crippen LogP contribution in [0.1, 0.15) is 12.6 Å². The Morgan fingerprint density at radius 2 is 2.00 bits per heavy atom. The molecule has 2 aromatic rings. The molecule has 0 N–H and O–H groups in total. The first-order chi connectivity index (χ1) is 9.20. The van der Waals surface area contributed by atoms with Crippen molar-refractivity contribution >= 4 is 39.7 Å². The van der Waals surface area contributed by atoms with Crippen molar-refractivity contribution in [3.05, 3.63) is 24.3 Å². The molecule has 1 aliphatic rings. The van der Waals surface area contributed by atoms with Crippen LogP contribution in [0.25, 0.3) is 11.0 Å². The number of carbonyl (C=O) groups excluding carboxylic acids is 1. The van der Waals surface area contributed by atoms with Crippen molar-refractivity contribution in [2.24, 2.45) is 0 Å². The summed E-state index contributed by atoms with van der Waals surface area (Å²) in [6.07, 6.45) is 0.407. The van der Waals surface area contributed by atoms with Crippen LogP contribution in [0.3, 0.4) is 0 Å². The van der Waals surface area contributed by atoms with Gasteiger partial charge in [0.15, 0.2) is 6.17 Å². The molecule has 1 aromatic carbocycles. The number of benzene rings is 1. The van der Waals surface area contributed by atoms with Crippen LogP contribution in [0, 0.1) is 0 Å². The lowest BCUT2D eigenvalue weighted by Crippen LogP contribution is -2.36. The fourth-order valence-corrected chi connectivity index (χ4v) is 3.27. The van der Waals surface area contributed by atoms with Gasteiger partial charge in [0.1, 0.15) is 11.0 Å². The Bertz CT molecular complexity index is 582. The van der Waals surface area contributed by atoms with E-state index in [4.69, 9.17) is 4.74 Å². The largest absolute Gasteiger partial charge is 0.453 e. The van der Waals surface area contributed by atoms with E-state index < -0.39 is 0 Å². The second-order valence-electron chi connectivity index (χ2n) is 4.39. The molecule has 1 aromatic heterocycles. The molecule has 0 bridgehead atoms. The SMILES string of the molecule is COC(=O)N1CC[C@H](I)[C@H]1n1nc2ccccc2n1. The van der Waals surface area contributed by atoms with Crippen molar-refractivity contribution in [2.45, 2.75) is 16.5 Å². The maximum Gasteiger partial charge on any atom is 0.411 e. The van der Waals surface area contributed by atoms with E-state index in [0.717, 1.165) is 17.5 Å². The van der Waals surface area contributed by atoms with Gasteiger partial charge in [-0.05, 0) is 18.6 Å². The molecule has 1 fully saturated rings. The van der Waals surface area contributed by atoms with E-state index in [9.17, 15) is 4.79 Å². The Morgan fingerprint density at radius 1 is 1.37 bits per heavy atom. The highest BCUT2D eigenvalue weighted by molar-refractivity contribution is 14.1. The summed E-state index contributed by atoms with van der Waals surface area (Å²) in [6.45, 7) is 0.669. The van der Waals surface area contributed by atoms with Gasteiger partial charge < -0.3 is 4.74 Å². The molecule has 2 atom stereocenters. The highest BCUT2D eigenvalue weighted by Gasteiger charge is 2.39. The van der Waals surface area contributed by atoms with Crippen LogP contribution in [-0.4, -0.2) is 43.6 Å². The second kappa shape index (κ2) is 4.95. The second-order valence-corrected chi connectivity index (χ2v) is 5.99. The molecule has 19 heavy (non-hydrogen) atoms. The number of rotatable bonds is 1. The highest BCUT2D eigenvalue weighted by Crippen LogP contribution is 2.33. The Morgan fingerprint density at radius 3 is 2.58 bits per heavy atom. The molecule has 1 saturated heterocycles. The van der Waals surface area contributed by atoms with Crippen LogP contribution in [-0.2, 0) is 4.74 Å². The lowest BCUT2D eigenvalue weighted by molar-refractivity contribution is 0.0984. The number of likely N-dealkylation sites (tertiary alicyclic amines) is 1. The molecule has 0 spiro atoms. The van der Waals surface area contributed by atoms with Crippen LogP contribution < -0.4 is 0 Å². The molecule has 6 nitrogen and oxygen atoms in total. The van der Waals surface area contributed by atoms with Gasteiger partial charge in [0.2, 0.25) is 0 Å². The first-order valence-corrected chi connectivity index (χ1v) is 7.25. The molecule has 100 valence electrons. The normalized spacial score (nSPS) is 22.9. The van der Waals surface area contributed by atoms with Crippen molar-refractivity contribution < 1.29 is 9.53 Å².